The van der Waals surface area contributed by atoms with E-state index in [2.05, 4.69) is 5.32 Å². The average Bonchev–Trinajstić information content (AvgIpc) is 2.40. The topological polar surface area (TPSA) is 71.4 Å². The maximum Gasteiger partial charge on any atom is 0.350 e. The number of hydrogen-bond acceptors (Lipinski definition) is 5. The van der Waals surface area contributed by atoms with E-state index in [0.29, 0.717) is 0 Å². The summed E-state index contributed by atoms with van der Waals surface area (Å²) in [4.78, 5) is 11.3. The minimum atomic E-state index is -0.638. The molecule has 1 aromatic rings. The van der Waals surface area contributed by atoms with Crippen LogP contribution in [0.2, 0.25) is 0 Å². The van der Waals surface area contributed by atoms with Crippen molar-refractivity contribution in [1.29, 1.82) is 5.26 Å². The zero-order chi connectivity index (χ0) is 13.4. The van der Waals surface area contributed by atoms with Crippen LogP contribution in [0, 0.1) is 11.3 Å². The molecule has 0 saturated carbocycles. The second-order valence-electron chi connectivity index (χ2n) is 3.26. The van der Waals surface area contributed by atoms with Gasteiger partial charge in [0.1, 0.15) is 11.8 Å². The van der Waals surface area contributed by atoms with Crippen LogP contribution in [-0.2, 0) is 9.53 Å². The lowest BCUT2D eigenvalue weighted by Gasteiger charge is -2.04. The number of nitrogens with zero attached hydrogens (tertiary/aromatic N) is 1. The van der Waals surface area contributed by atoms with Crippen molar-refractivity contribution in [2.75, 3.05) is 19.0 Å². The van der Waals surface area contributed by atoms with Gasteiger partial charge in [0.05, 0.1) is 13.7 Å². The Morgan fingerprint density at radius 2 is 2.11 bits per heavy atom. The van der Waals surface area contributed by atoms with Gasteiger partial charge in [-0.2, -0.15) is 5.26 Å². The smallest absolute Gasteiger partial charge is 0.350 e. The molecule has 5 nitrogen and oxygen atoms in total. The first-order chi connectivity index (χ1) is 8.71. The lowest BCUT2D eigenvalue weighted by Crippen LogP contribution is -2.07. The highest BCUT2D eigenvalue weighted by atomic mass is 16.5. The number of ether oxygens (including phenoxy) is 2. The second-order valence-corrected chi connectivity index (χ2v) is 3.26. The minimum absolute atomic E-state index is 0.0762. The molecule has 0 bridgehead atoms. The van der Waals surface area contributed by atoms with E-state index in [1.54, 1.807) is 44.4 Å². The van der Waals surface area contributed by atoms with Gasteiger partial charge >= 0.3 is 5.97 Å². The van der Waals surface area contributed by atoms with Crippen LogP contribution in [0.15, 0.2) is 36.0 Å². The van der Waals surface area contributed by atoms with Gasteiger partial charge < -0.3 is 14.8 Å². The second kappa shape index (κ2) is 6.97. The van der Waals surface area contributed by atoms with E-state index >= 15 is 0 Å². The van der Waals surface area contributed by atoms with Gasteiger partial charge in [-0.25, -0.2) is 4.79 Å². The SMILES string of the molecule is CCOC(=O)/C(C#N)=C\Nc1ccc(OC)cc1. The quantitative estimate of drug-likeness (QED) is 0.489. The number of rotatable bonds is 5. The van der Waals surface area contributed by atoms with E-state index in [9.17, 15) is 4.79 Å². The summed E-state index contributed by atoms with van der Waals surface area (Å²) in [5.74, 6) is 0.0939. The molecule has 0 radical (unpaired) electrons. The molecule has 0 saturated heterocycles. The van der Waals surface area contributed by atoms with Gasteiger partial charge in [0.15, 0.2) is 5.57 Å². The van der Waals surface area contributed by atoms with E-state index in [1.807, 2.05) is 0 Å². The molecule has 0 aliphatic rings. The van der Waals surface area contributed by atoms with Gasteiger partial charge in [0.2, 0.25) is 0 Å². The highest BCUT2D eigenvalue weighted by Crippen LogP contribution is 2.15. The fourth-order valence-electron chi connectivity index (χ4n) is 1.19. The molecule has 94 valence electrons. The summed E-state index contributed by atoms with van der Waals surface area (Å²) in [6, 6.07) is 8.87. The van der Waals surface area contributed by atoms with Gasteiger partial charge in [-0.05, 0) is 31.2 Å². The molecule has 0 fully saturated rings. The maximum absolute atomic E-state index is 11.3. The molecule has 0 unspecified atom stereocenters. The Morgan fingerprint density at radius 3 is 2.61 bits per heavy atom. The number of carbonyl (C=O) groups excluding carboxylic acids is 1. The van der Waals surface area contributed by atoms with E-state index in [1.165, 1.54) is 6.20 Å². The summed E-state index contributed by atoms with van der Waals surface area (Å²) in [5.41, 5.74) is 0.667. The van der Waals surface area contributed by atoms with Crippen molar-refractivity contribution < 1.29 is 14.3 Å². The number of benzene rings is 1. The Kier molecular flexibility index (Phi) is 5.26. The number of anilines is 1. The van der Waals surface area contributed by atoms with E-state index in [-0.39, 0.29) is 12.2 Å². The number of carbonyl (C=O) groups is 1. The van der Waals surface area contributed by atoms with Crippen LogP contribution in [0.3, 0.4) is 0 Å². The molecule has 1 aromatic carbocycles. The average molecular weight is 246 g/mol. The van der Waals surface area contributed by atoms with Crippen molar-refractivity contribution in [2.45, 2.75) is 6.92 Å². The molecule has 18 heavy (non-hydrogen) atoms. The number of nitriles is 1. The van der Waals surface area contributed by atoms with E-state index < -0.39 is 5.97 Å². The van der Waals surface area contributed by atoms with Gasteiger partial charge in [-0.3, -0.25) is 0 Å². The summed E-state index contributed by atoms with van der Waals surface area (Å²) in [7, 11) is 1.58. The molecule has 0 amide bonds. The van der Waals surface area contributed by atoms with E-state index in [4.69, 9.17) is 14.7 Å². The summed E-state index contributed by atoms with van der Waals surface area (Å²) < 4.78 is 9.75. The highest BCUT2D eigenvalue weighted by Gasteiger charge is 2.08. The van der Waals surface area contributed by atoms with Crippen LogP contribution in [-0.4, -0.2) is 19.7 Å². The number of methoxy groups -OCH3 is 1. The standard InChI is InChI=1S/C13H14N2O3/c1-3-18-13(16)10(8-14)9-15-11-4-6-12(17-2)7-5-11/h4-7,9,15H,3H2,1-2H3/b10-9-. The van der Waals surface area contributed by atoms with Gasteiger partial charge in [0, 0.05) is 11.9 Å². The zero-order valence-corrected chi connectivity index (χ0v) is 10.3. The first-order valence-electron chi connectivity index (χ1n) is 5.39. The fourth-order valence-corrected chi connectivity index (χ4v) is 1.19. The Morgan fingerprint density at radius 1 is 1.44 bits per heavy atom. The molecule has 0 aliphatic heterocycles. The molecule has 0 heterocycles. The Labute approximate surface area is 106 Å². The van der Waals surface area contributed by atoms with Crippen molar-refractivity contribution >= 4 is 11.7 Å². The molecular formula is C13H14N2O3. The largest absolute Gasteiger partial charge is 0.497 e. The number of hydrogen-bond donors (Lipinski definition) is 1. The van der Waals surface area contributed by atoms with Crippen LogP contribution in [0.4, 0.5) is 5.69 Å². The van der Waals surface area contributed by atoms with Crippen LogP contribution >= 0.6 is 0 Å². The normalized spacial score (nSPS) is 10.4. The molecule has 0 aromatic heterocycles. The molecular weight excluding hydrogens is 232 g/mol. The van der Waals surface area contributed by atoms with Crippen molar-refractivity contribution in [3.63, 3.8) is 0 Å². The summed E-state index contributed by atoms with van der Waals surface area (Å²) >= 11 is 0. The molecule has 0 aliphatic carbocycles. The van der Waals surface area contributed by atoms with Gasteiger partial charge in [-0.15, -0.1) is 0 Å². The summed E-state index contributed by atoms with van der Waals surface area (Å²) in [6.45, 7) is 1.92. The maximum atomic E-state index is 11.3. The molecule has 0 spiro atoms. The first-order valence-corrected chi connectivity index (χ1v) is 5.39. The zero-order valence-electron chi connectivity index (χ0n) is 10.3. The minimum Gasteiger partial charge on any atom is -0.497 e. The lowest BCUT2D eigenvalue weighted by atomic mass is 10.3. The number of nitrogens with one attached hydrogen (secondary N) is 1. The Hall–Kier alpha value is -2.48. The third-order valence-corrected chi connectivity index (χ3v) is 2.09. The molecule has 0 atom stereocenters. The van der Waals surface area contributed by atoms with Crippen LogP contribution in [0.1, 0.15) is 6.92 Å². The summed E-state index contributed by atoms with van der Waals surface area (Å²) in [6.07, 6.45) is 1.32. The fraction of sp³-hybridized carbons (Fsp3) is 0.231. The van der Waals surface area contributed by atoms with Crippen molar-refractivity contribution in [2.24, 2.45) is 0 Å². The molecule has 1 N–H and O–H groups in total. The van der Waals surface area contributed by atoms with E-state index in [0.717, 1.165) is 11.4 Å². The molecule has 5 heteroatoms. The van der Waals surface area contributed by atoms with Gasteiger partial charge in [0.25, 0.3) is 0 Å². The predicted molar refractivity (Wildman–Crippen MR) is 66.9 cm³/mol. The van der Waals surface area contributed by atoms with Crippen LogP contribution < -0.4 is 10.1 Å². The van der Waals surface area contributed by atoms with Crippen molar-refractivity contribution in [1.82, 2.24) is 0 Å². The predicted octanol–water partition coefficient (Wildman–Crippen LogP) is 2.08. The van der Waals surface area contributed by atoms with Crippen LogP contribution in [0.5, 0.6) is 5.75 Å². The first kappa shape index (κ1) is 13.6. The Balaban J connectivity index is 2.71. The van der Waals surface area contributed by atoms with Crippen molar-refractivity contribution in [3.8, 4) is 11.8 Å². The third kappa shape index (κ3) is 3.83. The third-order valence-electron chi connectivity index (χ3n) is 2.09. The molecule has 1 rings (SSSR count). The van der Waals surface area contributed by atoms with Gasteiger partial charge in [-0.1, -0.05) is 0 Å². The highest BCUT2D eigenvalue weighted by molar-refractivity contribution is 5.93. The lowest BCUT2D eigenvalue weighted by molar-refractivity contribution is -0.138. The monoisotopic (exact) mass is 246 g/mol. The van der Waals surface area contributed by atoms with Crippen molar-refractivity contribution in [3.05, 3.63) is 36.0 Å². The number of esters is 1. The van der Waals surface area contributed by atoms with Crippen LogP contribution in [0.25, 0.3) is 0 Å². The summed E-state index contributed by atoms with van der Waals surface area (Å²) in [5, 5.41) is 11.6. The Bertz CT molecular complexity index is 472.